The smallest absolute Gasteiger partial charge is 0.249 e. The predicted molar refractivity (Wildman–Crippen MR) is 325 cm³/mol. The Labute approximate surface area is 463 Å². The van der Waals surface area contributed by atoms with Gasteiger partial charge in [0.15, 0.2) is 0 Å². The van der Waals surface area contributed by atoms with Crippen LogP contribution in [0.1, 0.15) is 373 Å². The van der Waals surface area contributed by atoms with Gasteiger partial charge in [-0.1, -0.05) is 334 Å². The van der Waals surface area contributed by atoms with Crippen LogP contribution in [0, 0.1) is 0 Å². The molecule has 0 fully saturated rings. The fourth-order valence-corrected chi connectivity index (χ4v) is 10.9. The minimum atomic E-state index is -1.28. The number of allylic oxidation sites excluding steroid dienone is 4. The Hall–Kier alpha value is -1.21. The summed E-state index contributed by atoms with van der Waals surface area (Å²) in [5.74, 6) is -0.587. The van der Waals surface area contributed by atoms with Crippen LogP contribution < -0.4 is 5.32 Å². The summed E-state index contributed by atoms with van der Waals surface area (Å²) in [6.07, 6.45) is 78.7. The zero-order valence-corrected chi connectivity index (χ0v) is 50.1. The largest absolute Gasteiger partial charge is 0.394 e. The topological polar surface area (TPSA) is 110 Å². The second-order valence-corrected chi connectivity index (χ2v) is 23.5. The van der Waals surface area contributed by atoms with Gasteiger partial charge in [0.05, 0.1) is 18.8 Å². The number of hydrogen-bond acceptors (Lipinski definition) is 5. The monoisotopic (exact) mass is 1040 g/mol. The molecular formula is C68H133NO5. The van der Waals surface area contributed by atoms with Crippen molar-refractivity contribution in [2.45, 2.75) is 398 Å². The van der Waals surface area contributed by atoms with E-state index in [4.69, 9.17) is 0 Å². The van der Waals surface area contributed by atoms with Crippen molar-refractivity contribution in [3.05, 3.63) is 24.3 Å². The summed E-state index contributed by atoms with van der Waals surface area (Å²) in [7, 11) is 0. The van der Waals surface area contributed by atoms with Gasteiger partial charge in [-0.25, -0.2) is 0 Å². The molecule has 0 heterocycles. The number of carbonyl (C=O) groups excluding carboxylic acids is 1. The molecule has 0 aliphatic carbocycles. The summed E-state index contributed by atoms with van der Waals surface area (Å²) >= 11 is 0. The molecule has 1 amide bonds. The van der Waals surface area contributed by atoms with E-state index in [1.165, 1.54) is 308 Å². The quantitative estimate of drug-likeness (QED) is 0.0308. The first-order valence-corrected chi connectivity index (χ1v) is 33.7. The highest BCUT2D eigenvalue weighted by Crippen LogP contribution is 2.19. The van der Waals surface area contributed by atoms with Gasteiger partial charge in [0.2, 0.25) is 5.91 Å². The summed E-state index contributed by atoms with van der Waals surface area (Å²) in [4.78, 5) is 12.6. The van der Waals surface area contributed by atoms with Crippen LogP contribution in [0.2, 0.25) is 0 Å². The van der Waals surface area contributed by atoms with E-state index in [1.807, 2.05) is 0 Å². The van der Waals surface area contributed by atoms with Crippen molar-refractivity contribution < 1.29 is 25.2 Å². The number of amides is 1. The lowest BCUT2D eigenvalue weighted by molar-refractivity contribution is -0.132. The van der Waals surface area contributed by atoms with Crippen LogP contribution in [0.15, 0.2) is 24.3 Å². The maximum atomic E-state index is 12.6. The van der Waals surface area contributed by atoms with E-state index in [2.05, 4.69) is 43.5 Å². The Morgan fingerprint density at radius 1 is 0.324 bits per heavy atom. The summed E-state index contributed by atoms with van der Waals surface area (Å²) in [5, 5.41) is 44.1. The number of rotatable bonds is 63. The molecule has 0 rings (SSSR count). The highest BCUT2D eigenvalue weighted by Gasteiger charge is 2.28. The molecular weight excluding hydrogens is 911 g/mol. The van der Waals surface area contributed by atoms with E-state index in [-0.39, 0.29) is 0 Å². The third kappa shape index (κ3) is 55.5. The normalized spacial score (nSPS) is 13.6. The first-order chi connectivity index (χ1) is 36.5. The number of unbranched alkanes of at least 4 members (excludes halogenated alkanes) is 50. The Bertz CT molecular complexity index is 1130. The molecule has 0 bridgehead atoms. The summed E-state index contributed by atoms with van der Waals surface area (Å²) < 4.78 is 0. The lowest BCUT2D eigenvalue weighted by Gasteiger charge is -2.27. The third-order valence-electron chi connectivity index (χ3n) is 16.1. The lowest BCUT2D eigenvalue weighted by atomic mass is 10.00. The van der Waals surface area contributed by atoms with Gasteiger partial charge in [-0.2, -0.15) is 0 Å². The molecule has 0 aromatic carbocycles. The number of hydrogen-bond donors (Lipinski definition) is 5. The Morgan fingerprint density at radius 3 is 0.811 bits per heavy atom. The van der Waals surface area contributed by atoms with E-state index < -0.39 is 36.9 Å². The van der Waals surface area contributed by atoms with Gasteiger partial charge < -0.3 is 25.7 Å². The minimum Gasteiger partial charge on any atom is -0.394 e. The maximum absolute atomic E-state index is 12.6. The highest BCUT2D eigenvalue weighted by atomic mass is 16.3. The van der Waals surface area contributed by atoms with Gasteiger partial charge >= 0.3 is 0 Å². The van der Waals surface area contributed by atoms with Crippen molar-refractivity contribution >= 4 is 5.91 Å². The molecule has 0 radical (unpaired) electrons. The van der Waals surface area contributed by atoms with Crippen LogP contribution in [-0.4, -0.2) is 57.3 Å². The molecule has 0 spiro atoms. The molecule has 0 saturated carbocycles. The number of nitrogens with one attached hydrogen (secondary N) is 1. The van der Waals surface area contributed by atoms with Crippen LogP contribution in [0.3, 0.4) is 0 Å². The molecule has 440 valence electrons. The third-order valence-corrected chi connectivity index (χ3v) is 16.1. The van der Waals surface area contributed by atoms with E-state index >= 15 is 0 Å². The Morgan fingerprint density at radius 2 is 0.554 bits per heavy atom. The molecule has 6 heteroatoms. The van der Waals surface area contributed by atoms with Crippen molar-refractivity contribution in [1.82, 2.24) is 5.32 Å². The molecule has 0 aliphatic heterocycles. The van der Waals surface area contributed by atoms with Crippen LogP contribution in [0.5, 0.6) is 0 Å². The number of carbonyl (C=O) groups is 1. The Balaban J connectivity index is 3.54. The average Bonchev–Trinajstić information content (AvgIpc) is 3.41. The van der Waals surface area contributed by atoms with Crippen molar-refractivity contribution in [3.8, 4) is 0 Å². The molecule has 6 nitrogen and oxygen atoms in total. The van der Waals surface area contributed by atoms with Gasteiger partial charge in [0, 0.05) is 0 Å². The van der Waals surface area contributed by atoms with E-state index in [0.717, 1.165) is 38.5 Å². The average molecular weight is 1040 g/mol. The molecule has 5 N–H and O–H groups in total. The SMILES string of the molecule is CCCCCCCCCCCCCCCCCC/C=C\CCCCCCCCCCCCCCCCCCC(O)C(=O)NC(CO)C(O)C(O)CCC/C=C/CCCCCCCCCCCCCCCCCCC. The van der Waals surface area contributed by atoms with E-state index in [9.17, 15) is 25.2 Å². The number of aliphatic hydroxyl groups is 4. The van der Waals surface area contributed by atoms with Crippen molar-refractivity contribution in [2.24, 2.45) is 0 Å². The first-order valence-electron chi connectivity index (χ1n) is 33.7. The van der Waals surface area contributed by atoms with Crippen LogP contribution >= 0.6 is 0 Å². The van der Waals surface area contributed by atoms with E-state index in [1.54, 1.807) is 0 Å². The van der Waals surface area contributed by atoms with Crippen molar-refractivity contribution in [3.63, 3.8) is 0 Å². The highest BCUT2D eigenvalue weighted by molar-refractivity contribution is 5.80. The van der Waals surface area contributed by atoms with Gasteiger partial charge in [-0.3, -0.25) is 4.79 Å². The van der Waals surface area contributed by atoms with Gasteiger partial charge in [-0.05, 0) is 64.2 Å². The summed E-state index contributed by atoms with van der Waals surface area (Å²) in [6, 6.07) is -1.00. The zero-order chi connectivity index (χ0) is 53.7. The molecule has 0 saturated heterocycles. The molecule has 4 unspecified atom stereocenters. The predicted octanol–water partition coefficient (Wildman–Crippen LogP) is 20.5. The van der Waals surface area contributed by atoms with Gasteiger partial charge in [0.1, 0.15) is 12.2 Å². The van der Waals surface area contributed by atoms with Gasteiger partial charge in [0.25, 0.3) is 0 Å². The zero-order valence-electron chi connectivity index (χ0n) is 50.1. The fraction of sp³-hybridized carbons (Fsp3) is 0.926. The molecule has 4 atom stereocenters. The second kappa shape index (κ2) is 62.6. The van der Waals surface area contributed by atoms with Crippen LogP contribution in [0.25, 0.3) is 0 Å². The molecule has 0 aromatic rings. The van der Waals surface area contributed by atoms with Gasteiger partial charge in [-0.15, -0.1) is 0 Å². The minimum absolute atomic E-state index is 0.367. The summed E-state index contributed by atoms with van der Waals surface area (Å²) in [5.41, 5.74) is 0. The maximum Gasteiger partial charge on any atom is 0.249 e. The lowest BCUT2D eigenvalue weighted by Crippen LogP contribution is -2.53. The van der Waals surface area contributed by atoms with Crippen molar-refractivity contribution in [2.75, 3.05) is 6.61 Å². The standard InChI is InChI=1S/C68H133NO5/c1-3-5-7-9-11-13-15-17-19-21-23-25-27-28-29-30-31-32-33-34-35-36-37-38-39-40-42-44-46-48-50-52-54-56-58-60-62-66(72)68(74)69-64(63-70)67(73)65(71)61-59-57-55-53-51-49-47-45-43-41-26-24-22-20-18-16-14-12-10-8-6-4-2/h32-33,53,55,64-67,70-73H,3-31,34-52,54,56-63H2,1-2H3,(H,69,74)/b33-32-,55-53+. The van der Waals surface area contributed by atoms with Crippen LogP contribution in [0.4, 0.5) is 0 Å². The molecule has 0 aliphatic rings. The fourth-order valence-electron chi connectivity index (χ4n) is 10.9. The Kier molecular flexibility index (Phi) is 61.6. The second-order valence-electron chi connectivity index (χ2n) is 23.5. The van der Waals surface area contributed by atoms with Crippen LogP contribution in [-0.2, 0) is 4.79 Å². The van der Waals surface area contributed by atoms with E-state index in [0.29, 0.717) is 12.8 Å². The van der Waals surface area contributed by atoms with Crippen molar-refractivity contribution in [1.29, 1.82) is 0 Å². The number of aliphatic hydroxyl groups excluding tert-OH is 4. The molecule has 74 heavy (non-hydrogen) atoms. The molecule has 0 aromatic heterocycles. The first kappa shape index (κ1) is 72.8. The summed E-state index contributed by atoms with van der Waals surface area (Å²) in [6.45, 7) is 4.09.